The first-order valence-electron chi connectivity index (χ1n) is 7.95. The Hall–Kier alpha value is -2.60. The lowest BCUT2D eigenvalue weighted by atomic mass is 10.1. The number of hydrogen-bond donors (Lipinski definition) is 1. The molecular formula is C19H20N2O3S. The fraction of sp³-hybridized carbons (Fsp3) is 0.211. The summed E-state index contributed by atoms with van der Waals surface area (Å²) in [5.41, 5.74) is 0.773. The molecule has 1 N–H and O–H groups in total. The molecule has 6 heteroatoms. The van der Waals surface area contributed by atoms with Crippen LogP contribution in [-0.4, -0.2) is 25.8 Å². The zero-order chi connectivity index (χ0) is 18.0. The van der Waals surface area contributed by atoms with Gasteiger partial charge < -0.3 is 10.1 Å². The molecule has 0 aliphatic rings. The van der Waals surface area contributed by atoms with Crippen molar-refractivity contribution in [2.75, 3.05) is 11.6 Å². The molecule has 25 heavy (non-hydrogen) atoms. The molecule has 0 aliphatic heterocycles. The maximum absolute atomic E-state index is 11.5. The summed E-state index contributed by atoms with van der Waals surface area (Å²) < 4.78 is 28.8. The number of anilines is 2. The molecule has 3 aromatic rings. The molecule has 0 saturated carbocycles. The summed E-state index contributed by atoms with van der Waals surface area (Å²) >= 11 is 0. The fourth-order valence-corrected chi connectivity index (χ4v) is 3.15. The summed E-state index contributed by atoms with van der Waals surface area (Å²) in [5.74, 6) is 1.53. The van der Waals surface area contributed by atoms with Crippen LogP contribution in [0.4, 0.5) is 11.5 Å². The first-order chi connectivity index (χ1) is 11.8. The van der Waals surface area contributed by atoms with Crippen molar-refractivity contribution in [3.63, 3.8) is 0 Å². The molecule has 2 aromatic carbocycles. The smallest absolute Gasteiger partial charge is 0.175 e. The number of pyridine rings is 1. The van der Waals surface area contributed by atoms with Crippen LogP contribution in [-0.2, 0) is 9.84 Å². The topological polar surface area (TPSA) is 68.3 Å². The third-order valence-electron chi connectivity index (χ3n) is 3.65. The number of benzene rings is 2. The van der Waals surface area contributed by atoms with Gasteiger partial charge in [0.2, 0.25) is 0 Å². The Labute approximate surface area is 147 Å². The Morgan fingerprint density at radius 3 is 2.40 bits per heavy atom. The summed E-state index contributed by atoms with van der Waals surface area (Å²) in [4.78, 5) is 4.68. The van der Waals surface area contributed by atoms with Crippen molar-refractivity contribution in [2.24, 2.45) is 0 Å². The van der Waals surface area contributed by atoms with E-state index in [1.165, 1.54) is 6.26 Å². The van der Waals surface area contributed by atoms with Gasteiger partial charge in [-0.3, -0.25) is 0 Å². The van der Waals surface area contributed by atoms with Gasteiger partial charge >= 0.3 is 0 Å². The van der Waals surface area contributed by atoms with E-state index in [1.807, 2.05) is 38.1 Å². The molecule has 0 aliphatic carbocycles. The summed E-state index contributed by atoms with van der Waals surface area (Å²) in [6, 6.07) is 14.4. The van der Waals surface area contributed by atoms with Gasteiger partial charge in [0.1, 0.15) is 11.6 Å². The minimum Gasteiger partial charge on any atom is -0.491 e. The average molecular weight is 356 g/mol. The van der Waals surface area contributed by atoms with Crippen LogP contribution in [0.3, 0.4) is 0 Å². The SMILES string of the molecule is CC(C)Oc1ccc2c(Nc3ccc(S(C)(=O)=O)cc3)nccc2c1. The van der Waals surface area contributed by atoms with Gasteiger partial charge in [-0.15, -0.1) is 0 Å². The minimum atomic E-state index is -3.20. The van der Waals surface area contributed by atoms with E-state index in [9.17, 15) is 8.42 Å². The average Bonchev–Trinajstić information content (AvgIpc) is 2.54. The summed E-state index contributed by atoms with van der Waals surface area (Å²) in [7, 11) is -3.20. The van der Waals surface area contributed by atoms with E-state index in [4.69, 9.17) is 4.74 Å². The molecule has 5 nitrogen and oxygen atoms in total. The second-order valence-corrected chi connectivity index (χ2v) is 8.15. The van der Waals surface area contributed by atoms with Gasteiger partial charge in [0.15, 0.2) is 9.84 Å². The number of nitrogens with one attached hydrogen (secondary N) is 1. The molecule has 1 aromatic heterocycles. The fourth-order valence-electron chi connectivity index (χ4n) is 2.52. The molecule has 0 atom stereocenters. The number of sulfone groups is 1. The van der Waals surface area contributed by atoms with E-state index in [0.29, 0.717) is 10.7 Å². The normalized spacial score (nSPS) is 11.7. The van der Waals surface area contributed by atoms with E-state index >= 15 is 0 Å². The van der Waals surface area contributed by atoms with Crippen molar-refractivity contribution in [1.82, 2.24) is 4.98 Å². The third kappa shape index (κ3) is 4.09. The predicted octanol–water partition coefficient (Wildman–Crippen LogP) is 4.17. The lowest BCUT2D eigenvalue weighted by Crippen LogP contribution is -2.05. The standard InChI is InChI=1S/C19H20N2O3S/c1-13(2)24-16-6-9-18-14(12-16)10-11-20-19(18)21-15-4-7-17(8-5-15)25(3,22)23/h4-13H,1-3H3,(H,20,21). The van der Waals surface area contributed by atoms with Crippen molar-refractivity contribution < 1.29 is 13.2 Å². The van der Waals surface area contributed by atoms with Crippen molar-refractivity contribution in [3.8, 4) is 5.75 Å². The van der Waals surface area contributed by atoms with Crippen LogP contribution in [0, 0.1) is 0 Å². The number of nitrogens with zero attached hydrogens (tertiary/aromatic N) is 1. The van der Waals surface area contributed by atoms with Crippen LogP contribution in [0.1, 0.15) is 13.8 Å². The van der Waals surface area contributed by atoms with E-state index in [-0.39, 0.29) is 6.10 Å². The van der Waals surface area contributed by atoms with E-state index in [0.717, 1.165) is 22.2 Å². The van der Waals surface area contributed by atoms with E-state index in [1.54, 1.807) is 30.5 Å². The Balaban J connectivity index is 1.91. The maximum atomic E-state index is 11.5. The molecule has 3 rings (SSSR count). The molecular weight excluding hydrogens is 336 g/mol. The predicted molar refractivity (Wildman–Crippen MR) is 100 cm³/mol. The third-order valence-corrected chi connectivity index (χ3v) is 4.78. The molecule has 0 amide bonds. The molecule has 130 valence electrons. The van der Waals surface area contributed by atoms with Crippen molar-refractivity contribution in [3.05, 3.63) is 54.7 Å². The lowest BCUT2D eigenvalue weighted by Gasteiger charge is -2.12. The quantitative estimate of drug-likeness (QED) is 0.743. The van der Waals surface area contributed by atoms with Crippen LogP contribution in [0.2, 0.25) is 0 Å². The highest BCUT2D eigenvalue weighted by atomic mass is 32.2. The largest absolute Gasteiger partial charge is 0.491 e. The molecule has 0 saturated heterocycles. The zero-order valence-corrected chi connectivity index (χ0v) is 15.2. The molecule has 0 fully saturated rings. The van der Waals surface area contributed by atoms with Crippen LogP contribution in [0.25, 0.3) is 10.8 Å². The molecule has 0 spiro atoms. The maximum Gasteiger partial charge on any atom is 0.175 e. The highest BCUT2D eigenvalue weighted by Gasteiger charge is 2.08. The lowest BCUT2D eigenvalue weighted by molar-refractivity contribution is 0.243. The minimum absolute atomic E-state index is 0.116. The Kier molecular flexibility index (Phi) is 4.63. The van der Waals surface area contributed by atoms with Crippen LogP contribution in [0.15, 0.2) is 59.6 Å². The monoisotopic (exact) mass is 356 g/mol. The number of fused-ring (bicyclic) bond motifs is 1. The van der Waals surface area contributed by atoms with Gasteiger partial charge in [-0.05, 0) is 67.8 Å². The van der Waals surface area contributed by atoms with Crippen LogP contribution < -0.4 is 10.1 Å². The molecule has 0 unspecified atom stereocenters. The number of rotatable bonds is 5. The molecule has 0 radical (unpaired) electrons. The van der Waals surface area contributed by atoms with E-state index < -0.39 is 9.84 Å². The first-order valence-corrected chi connectivity index (χ1v) is 9.84. The molecule has 0 bridgehead atoms. The van der Waals surface area contributed by atoms with Gasteiger partial charge in [0, 0.05) is 23.5 Å². The van der Waals surface area contributed by atoms with Gasteiger partial charge in [-0.1, -0.05) is 0 Å². The van der Waals surface area contributed by atoms with Crippen molar-refractivity contribution in [2.45, 2.75) is 24.8 Å². The summed E-state index contributed by atoms with van der Waals surface area (Å²) in [5, 5.41) is 5.22. The highest BCUT2D eigenvalue weighted by Crippen LogP contribution is 2.28. The number of hydrogen-bond acceptors (Lipinski definition) is 5. The Bertz CT molecular complexity index is 997. The second-order valence-electron chi connectivity index (χ2n) is 6.13. The molecule has 1 heterocycles. The number of ether oxygens (including phenoxy) is 1. The van der Waals surface area contributed by atoms with Gasteiger partial charge in [-0.2, -0.15) is 0 Å². The van der Waals surface area contributed by atoms with Crippen molar-refractivity contribution in [1.29, 1.82) is 0 Å². The first kappa shape index (κ1) is 17.2. The van der Waals surface area contributed by atoms with Gasteiger partial charge in [-0.25, -0.2) is 13.4 Å². The summed E-state index contributed by atoms with van der Waals surface area (Å²) in [6.45, 7) is 3.98. The Morgan fingerprint density at radius 1 is 1.04 bits per heavy atom. The number of aromatic nitrogens is 1. The zero-order valence-electron chi connectivity index (χ0n) is 14.4. The summed E-state index contributed by atoms with van der Waals surface area (Å²) in [6.07, 6.45) is 3.04. The van der Waals surface area contributed by atoms with E-state index in [2.05, 4.69) is 10.3 Å². The van der Waals surface area contributed by atoms with Gasteiger partial charge in [0.25, 0.3) is 0 Å². The highest BCUT2D eigenvalue weighted by molar-refractivity contribution is 7.90. The van der Waals surface area contributed by atoms with Crippen LogP contribution in [0.5, 0.6) is 5.75 Å². The van der Waals surface area contributed by atoms with Crippen LogP contribution >= 0.6 is 0 Å². The van der Waals surface area contributed by atoms with Gasteiger partial charge in [0.05, 0.1) is 11.0 Å². The van der Waals surface area contributed by atoms with Crippen molar-refractivity contribution >= 4 is 32.1 Å². The Morgan fingerprint density at radius 2 is 1.76 bits per heavy atom. The second kappa shape index (κ2) is 6.72.